The summed E-state index contributed by atoms with van der Waals surface area (Å²) in [6.07, 6.45) is -3.47. The maximum Gasteiger partial charge on any atom is 0.431 e. The number of aryl methyl sites for hydroxylation is 1. The first-order valence-corrected chi connectivity index (χ1v) is 6.98. The highest BCUT2D eigenvalue weighted by atomic mass is 19.4. The van der Waals surface area contributed by atoms with Crippen LogP contribution in [0.2, 0.25) is 0 Å². The Bertz CT molecular complexity index is 923. The molecule has 8 heteroatoms. The second kappa shape index (κ2) is 6.10. The summed E-state index contributed by atoms with van der Waals surface area (Å²) < 4.78 is 53.9. The van der Waals surface area contributed by atoms with E-state index < -0.39 is 34.6 Å². The molecule has 4 nitrogen and oxygen atoms in total. The molecule has 0 radical (unpaired) electrons. The predicted octanol–water partition coefficient (Wildman–Crippen LogP) is 3.13. The molecule has 0 saturated carbocycles. The van der Waals surface area contributed by atoms with Crippen LogP contribution in [0.25, 0.3) is 11.8 Å². The molecular weight excluding hydrogens is 328 g/mol. The molecule has 0 aliphatic rings. The molecule has 0 atom stereocenters. The highest BCUT2D eigenvalue weighted by Gasteiger charge is 2.35. The Morgan fingerprint density at radius 3 is 2.33 bits per heavy atom. The van der Waals surface area contributed by atoms with Crippen molar-refractivity contribution in [3.05, 3.63) is 68.3 Å². The van der Waals surface area contributed by atoms with E-state index in [4.69, 9.17) is 0 Å². The second-order valence-corrected chi connectivity index (χ2v) is 5.09. The number of nitrogens with zero attached hydrogens (tertiary/aromatic N) is 2. The van der Waals surface area contributed by atoms with Gasteiger partial charge in [-0.3, -0.25) is 9.36 Å². The molecule has 0 unspecified atom stereocenters. The van der Waals surface area contributed by atoms with Crippen LogP contribution in [0.5, 0.6) is 0 Å². The molecule has 24 heavy (non-hydrogen) atoms. The van der Waals surface area contributed by atoms with Gasteiger partial charge in [-0.25, -0.2) is 13.8 Å². The van der Waals surface area contributed by atoms with E-state index in [1.807, 2.05) is 0 Å². The van der Waals surface area contributed by atoms with E-state index in [9.17, 15) is 27.2 Å². The van der Waals surface area contributed by atoms with Gasteiger partial charge in [-0.1, -0.05) is 12.7 Å². The van der Waals surface area contributed by atoms with Crippen LogP contribution in [0.3, 0.4) is 0 Å². The summed E-state index contributed by atoms with van der Waals surface area (Å²) in [5.41, 5.74) is -3.32. The number of hydrogen-bond donors (Lipinski definition) is 0. The van der Waals surface area contributed by atoms with Crippen LogP contribution in [0.4, 0.5) is 17.6 Å². The van der Waals surface area contributed by atoms with Crippen LogP contribution in [0.15, 0.2) is 34.4 Å². The topological polar surface area (TPSA) is 44.0 Å². The molecule has 0 saturated heterocycles. The number of rotatable bonds is 3. The van der Waals surface area contributed by atoms with Crippen molar-refractivity contribution in [3.63, 3.8) is 0 Å². The molecule has 1 heterocycles. The molecular formula is C16H14F4N2O2. The highest BCUT2D eigenvalue weighted by Crippen LogP contribution is 2.27. The lowest BCUT2D eigenvalue weighted by molar-refractivity contribution is -0.144. The van der Waals surface area contributed by atoms with Gasteiger partial charge in [0.05, 0.1) is 5.69 Å². The van der Waals surface area contributed by atoms with Gasteiger partial charge in [-0.05, 0) is 37.1 Å². The maximum atomic E-state index is 14.2. The summed E-state index contributed by atoms with van der Waals surface area (Å²) in [4.78, 5) is 24.4. The summed E-state index contributed by atoms with van der Waals surface area (Å²) in [7, 11) is 0. The van der Waals surface area contributed by atoms with E-state index in [1.165, 1.54) is 19.1 Å². The molecule has 0 fully saturated rings. The summed E-state index contributed by atoms with van der Waals surface area (Å²) in [6, 6.07) is 2.58. The summed E-state index contributed by atoms with van der Waals surface area (Å²) >= 11 is 0. The van der Waals surface area contributed by atoms with Gasteiger partial charge in [-0.15, -0.1) is 0 Å². The van der Waals surface area contributed by atoms with E-state index in [0.29, 0.717) is 20.3 Å². The van der Waals surface area contributed by atoms with Gasteiger partial charge in [0.25, 0.3) is 5.56 Å². The number of benzene rings is 1. The summed E-state index contributed by atoms with van der Waals surface area (Å²) in [5.74, 6) is -0.889. The second-order valence-electron chi connectivity index (χ2n) is 5.09. The van der Waals surface area contributed by atoms with E-state index in [1.54, 1.807) is 6.92 Å². The number of alkyl halides is 3. The number of aromatic nitrogens is 2. The Kier molecular flexibility index (Phi) is 4.50. The fraction of sp³-hybridized carbons (Fsp3) is 0.250. The lowest BCUT2D eigenvalue weighted by atomic mass is 10.1. The average molecular weight is 342 g/mol. The first kappa shape index (κ1) is 17.7. The van der Waals surface area contributed by atoms with Crippen molar-refractivity contribution in [2.75, 3.05) is 0 Å². The standard InChI is InChI=1S/C16H14F4N2O2/c1-4-10-7-12(11(17)6-9(10)3)22-14(23)8-13(16(18,19)20)21(5-2)15(22)24/h4,6-8H,1,5H2,2-3H3. The van der Waals surface area contributed by atoms with Crippen LogP contribution in [0, 0.1) is 12.7 Å². The Hall–Kier alpha value is -2.64. The molecule has 0 aliphatic heterocycles. The number of halogens is 4. The normalized spacial score (nSPS) is 11.6. The van der Waals surface area contributed by atoms with Crippen molar-refractivity contribution in [3.8, 4) is 5.69 Å². The molecule has 1 aromatic carbocycles. The van der Waals surface area contributed by atoms with Gasteiger partial charge in [0.1, 0.15) is 11.5 Å². The van der Waals surface area contributed by atoms with Crippen molar-refractivity contribution in [1.29, 1.82) is 0 Å². The van der Waals surface area contributed by atoms with Crippen molar-refractivity contribution in [2.24, 2.45) is 0 Å². The van der Waals surface area contributed by atoms with E-state index in [-0.39, 0.29) is 12.6 Å². The zero-order chi connectivity index (χ0) is 18.2. The van der Waals surface area contributed by atoms with Crippen molar-refractivity contribution in [2.45, 2.75) is 26.6 Å². The lowest BCUT2D eigenvalue weighted by Crippen LogP contribution is -2.42. The monoisotopic (exact) mass is 342 g/mol. The van der Waals surface area contributed by atoms with Crippen molar-refractivity contribution < 1.29 is 17.6 Å². The van der Waals surface area contributed by atoms with E-state index in [2.05, 4.69) is 6.58 Å². The molecule has 128 valence electrons. The Morgan fingerprint density at radius 1 is 1.21 bits per heavy atom. The lowest BCUT2D eigenvalue weighted by Gasteiger charge is -2.16. The van der Waals surface area contributed by atoms with Crippen LogP contribution in [0.1, 0.15) is 23.7 Å². The quantitative estimate of drug-likeness (QED) is 0.805. The fourth-order valence-electron chi connectivity index (χ4n) is 2.41. The van der Waals surface area contributed by atoms with E-state index >= 15 is 0 Å². The zero-order valence-corrected chi connectivity index (χ0v) is 12.9. The molecule has 0 amide bonds. The molecule has 0 spiro atoms. The van der Waals surface area contributed by atoms with Gasteiger partial charge in [0.15, 0.2) is 0 Å². The first-order valence-electron chi connectivity index (χ1n) is 6.98. The Balaban J connectivity index is 2.90. The van der Waals surface area contributed by atoms with Gasteiger partial charge < -0.3 is 0 Å². The fourth-order valence-corrected chi connectivity index (χ4v) is 2.41. The van der Waals surface area contributed by atoms with Gasteiger partial charge in [0.2, 0.25) is 0 Å². The smallest absolute Gasteiger partial charge is 0.289 e. The summed E-state index contributed by atoms with van der Waals surface area (Å²) in [6.45, 7) is 6.14. The predicted molar refractivity (Wildman–Crippen MR) is 81.8 cm³/mol. The third-order valence-corrected chi connectivity index (χ3v) is 3.60. The van der Waals surface area contributed by atoms with Gasteiger partial charge in [-0.2, -0.15) is 13.2 Å². The summed E-state index contributed by atoms with van der Waals surface area (Å²) in [5, 5.41) is 0. The minimum absolute atomic E-state index is 0.289. The van der Waals surface area contributed by atoms with E-state index in [0.717, 1.165) is 6.07 Å². The number of hydrogen-bond acceptors (Lipinski definition) is 2. The maximum absolute atomic E-state index is 14.2. The largest absolute Gasteiger partial charge is 0.431 e. The van der Waals surface area contributed by atoms with Crippen LogP contribution in [-0.2, 0) is 12.7 Å². The van der Waals surface area contributed by atoms with Crippen molar-refractivity contribution in [1.82, 2.24) is 9.13 Å². The Morgan fingerprint density at radius 2 is 1.83 bits per heavy atom. The Labute approximate surface area is 134 Å². The average Bonchev–Trinajstić information content (AvgIpc) is 2.47. The molecule has 0 aliphatic carbocycles. The van der Waals surface area contributed by atoms with Crippen molar-refractivity contribution >= 4 is 6.08 Å². The van der Waals surface area contributed by atoms with Crippen LogP contribution in [-0.4, -0.2) is 9.13 Å². The molecule has 2 aromatic rings. The molecule has 0 bridgehead atoms. The first-order chi connectivity index (χ1) is 11.1. The molecule has 0 N–H and O–H groups in total. The van der Waals surface area contributed by atoms with Gasteiger partial charge in [0, 0.05) is 12.6 Å². The highest BCUT2D eigenvalue weighted by molar-refractivity contribution is 5.56. The van der Waals surface area contributed by atoms with Crippen LogP contribution >= 0.6 is 0 Å². The zero-order valence-electron chi connectivity index (χ0n) is 12.9. The molecule has 1 aromatic heterocycles. The minimum atomic E-state index is -4.87. The third kappa shape index (κ3) is 2.91. The SMILES string of the molecule is C=Cc1cc(-n2c(=O)cc(C(F)(F)F)n(CC)c2=O)c(F)cc1C. The minimum Gasteiger partial charge on any atom is -0.289 e. The third-order valence-electron chi connectivity index (χ3n) is 3.60. The molecule has 2 rings (SSSR count). The van der Waals surface area contributed by atoms with Crippen LogP contribution < -0.4 is 11.2 Å². The van der Waals surface area contributed by atoms with Gasteiger partial charge >= 0.3 is 11.9 Å².